The number of guanidine groups is 1. The van der Waals surface area contributed by atoms with Crippen molar-refractivity contribution in [1.29, 1.82) is 0 Å². The fraction of sp³-hybridized carbons (Fsp3) is 0.588. The molecule has 0 aliphatic heterocycles. The Morgan fingerprint density at radius 2 is 1.79 bits per heavy atom. The number of rotatable bonds is 7. The van der Waals surface area contributed by atoms with Gasteiger partial charge in [-0.05, 0) is 29.9 Å². The third kappa shape index (κ3) is 8.31. The van der Waals surface area contributed by atoms with Crippen LogP contribution in [0.2, 0.25) is 0 Å². The van der Waals surface area contributed by atoms with E-state index in [1.165, 1.54) is 11.1 Å². The highest BCUT2D eigenvalue weighted by atomic mass is 32.2. The summed E-state index contributed by atoms with van der Waals surface area (Å²) in [6.07, 6.45) is 0.865. The Hall–Kier alpha value is -1.60. The van der Waals surface area contributed by atoms with Gasteiger partial charge in [-0.2, -0.15) is 0 Å². The second-order valence-corrected chi connectivity index (χ2v) is 8.49. The summed E-state index contributed by atoms with van der Waals surface area (Å²) in [7, 11) is -3.48. The molecular weight excluding hydrogens is 324 g/mol. The third-order valence-corrected chi connectivity index (χ3v) is 4.27. The fourth-order valence-electron chi connectivity index (χ4n) is 2.12. The summed E-state index contributed by atoms with van der Waals surface area (Å²) in [6.45, 7) is 10.1. The summed E-state index contributed by atoms with van der Waals surface area (Å²) in [4.78, 5) is 4.21. The minimum atomic E-state index is -3.48. The van der Waals surface area contributed by atoms with Gasteiger partial charge in [0.1, 0.15) is 0 Å². The first-order valence-electron chi connectivity index (χ1n) is 8.24. The zero-order valence-corrected chi connectivity index (χ0v) is 15.9. The molecule has 0 unspecified atom stereocenters. The standard InChI is InChI=1S/C17H30N4O2S/c1-5-19-16(21-12-13-24(18,22)23)20-11-10-14-6-8-15(9-7-14)17(2,3)4/h6-9H,5,10-13H2,1-4H3,(H2,18,22,23)(H2,19,20,21). The molecule has 0 aliphatic rings. The molecule has 0 fully saturated rings. The number of primary sulfonamides is 1. The van der Waals surface area contributed by atoms with Gasteiger partial charge in [0.25, 0.3) is 0 Å². The molecule has 0 saturated carbocycles. The molecule has 1 aromatic carbocycles. The Morgan fingerprint density at radius 3 is 2.29 bits per heavy atom. The van der Waals surface area contributed by atoms with E-state index in [4.69, 9.17) is 5.14 Å². The Bertz CT molecular complexity index is 632. The van der Waals surface area contributed by atoms with Gasteiger partial charge in [-0.15, -0.1) is 0 Å². The molecule has 24 heavy (non-hydrogen) atoms. The Morgan fingerprint density at radius 1 is 1.17 bits per heavy atom. The Kier molecular flexibility index (Phi) is 7.69. The van der Waals surface area contributed by atoms with Crippen LogP contribution in [0.25, 0.3) is 0 Å². The lowest BCUT2D eigenvalue weighted by atomic mass is 9.86. The summed E-state index contributed by atoms with van der Waals surface area (Å²) in [5.74, 6) is 0.449. The van der Waals surface area contributed by atoms with Gasteiger partial charge >= 0.3 is 0 Å². The van der Waals surface area contributed by atoms with Gasteiger partial charge in [0.2, 0.25) is 10.0 Å². The van der Waals surface area contributed by atoms with E-state index < -0.39 is 10.0 Å². The van der Waals surface area contributed by atoms with Gasteiger partial charge in [-0.1, -0.05) is 45.0 Å². The maximum Gasteiger partial charge on any atom is 0.210 e. The fourth-order valence-corrected chi connectivity index (χ4v) is 2.47. The summed E-state index contributed by atoms with van der Waals surface area (Å²) in [5, 5.41) is 11.3. The molecule has 1 aromatic rings. The Balaban J connectivity index is 2.51. The predicted molar refractivity (Wildman–Crippen MR) is 101 cm³/mol. The van der Waals surface area contributed by atoms with Crippen LogP contribution in [-0.2, 0) is 21.9 Å². The molecule has 136 valence electrons. The molecule has 0 radical (unpaired) electrons. The van der Waals surface area contributed by atoms with Crippen molar-refractivity contribution in [1.82, 2.24) is 10.6 Å². The van der Waals surface area contributed by atoms with Crippen LogP contribution in [0.4, 0.5) is 0 Å². The summed E-state index contributed by atoms with van der Waals surface area (Å²) < 4.78 is 21.9. The SMILES string of the molecule is CCNC(=NCCS(N)(=O)=O)NCCc1ccc(C(C)(C)C)cc1. The van der Waals surface area contributed by atoms with Gasteiger partial charge in [-0.3, -0.25) is 4.99 Å². The highest BCUT2D eigenvalue weighted by Gasteiger charge is 2.12. The lowest BCUT2D eigenvalue weighted by molar-refractivity contribution is 0.590. The molecule has 0 heterocycles. The number of nitrogens with two attached hydrogens (primary N) is 1. The van der Waals surface area contributed by atoms with Crippen LogP contribution in [0, 0.1) is 0 Å². The van der Waals surface area contributed by atoms with Crippen molar-refractivity contribution in [2.24, 2.45) is 10.1 Å². The Labute approximate surface area is 146 Å². The van der Waals surface area contributed by atoms with Crippen LogP contribution in [0.5, 0.6) is 0 Å². The smallest absolute Gasteiger partial charge is 0.210 e. The zero-order valence-electron chi connectivity index (χ0n) is 15.1. The topological polar surface area (TPSA) is 96.6 Å². The molecule has 0 saturated heterocycles. The minimum Gasteiger partial charge on any atom is -0.357 e. The molecular formula is C17H30N4O2S. The average Bonchev–Trinajstić information content (AvgIpc) is 2.45. The number of hydrogen-bond acceptors (Lipinski definition) is 3. The van der Waals surface area contributed by atoms with Crippen LogP contribution < -0.4 is 15.8 Å². The van der Waals surface area contributed by atoms with E-state index in [-0.39, 0.29) is 17.7 Å². The first-order valence-corrected chi connectivity index (χ1v) is 9.95. The van der Waals surface area contributed by atoms with E-state index in [1.54, 1.807) is 0 Å². The first kappa shape index (κ1) is 20.4. The second-order valence-electron chi connectivity index (χ2n) is 6.75. The lowest BCUT2D eigenvalue weighted by Crippen LogP contribution is -2.38. The van der Waals surface area contributed by atoms with E-state index in [0.29, 0.717) is 12.5 Å². The number of aliphatic imine (C=N–C) groups is 1. The normalized spacial score (nSPS) is 13.0. The van der Waals surface area contributed by atoms with Gasteiger partial charge in [0.05, 0.1) is 12.3 Å². The van der Waals surface area contributed by atoms with Crippen molar-refractivity contribution in [2.75, 3.05) is 25.4 Å². The van der Waals surface area contributed by atoms with Crippen molar-refractivity contribution >= 4 is 16.0 Å². The van der Waals surface area contributed by atoms with Crippen molar-refractivity contribution in [2.45, 2.75) is 39.5 Å². The number of nitrogens with zero attached hydrogens (tertiary/aromatic N) is 1. The summed E-state index contributed by atoms with van der Waals surface area (Å²) >= 11 is 0. The molecule has 6 nitrogen and oxygen atoms in total. The molecule has 4 N–H and O–H groups in total. The van der Waals surface area contributed by atoms with E-state index >= 15 is 0 Å². The zero-order chi connectivity index (χ0) is 18.2. The summed E-state index contributed by atoms with van der Waals surface area (Å²) in [6, 6.07) is 8.63. The molecule has 0 bridgehead atoms. The monoisotopic (exact) mass is 354 g/mol. The highest BCUT2D eigenvalue weighted by molar-refractivity contribution is 7.89. The van der Waals surface area contributed by atoms with Crippen LogP contribution >= 0.6 is 0 Å². The van der Waals surface area contributed by atoms with Crippen molar-refractivity contribution in [3.63, 3.8) is 0 Å². The molecule has 7 heteroatoms. The predicted octanol–water partition coefficient (Wildman–Crippen LogP) is 1.37. The molecule has 0 amide bonds. The first-order chi connectivity index (χ1) is 11.1. The van der Waals surface area contributed by atoms with Crippen molar-refractivity contribution in [3.05, 3.63) is 35.4 Å². The van der Waals surface area contributed by atoms with Gasteiger partial charge in [0.15, 0.2) is 5.96 Å². The van der Waals surface area contributed by atoms with E-state index in [9.17, 15) is 8.42 Å². The highest BCUT2D eigenvalue weighted by Crippen LogP contribution is 2.22. The van der Waals surface area contributed by atoms with Crippen molar-refractivity contribution < 1.29 is 8.42 Å². The van der Waals surface area contributed by atoms with Crippen LogP contribution in [-0.4, -0.2) is 39.8 Å². The van der Waals surface area contributed by atoms with E-state index in [1.807, 2.05) is 6.92 Å². The van der Waals surface area contributed by atoms with Gasteiger partial charge in [0, 0.05) is 13.1 Å². The van der Waals surface area contributed by atoms with E-state index in [0.717, 1.165) is 13.0 Å². The largest absolute Gasteiger partial charge is 0.357 e. The molecule has 0 aliphatic carbocycles. The van der Waals surface area contributed by atoms with Crippen molar-refractivity contribution in [3.8, 4) is 0 Å². The summed E-state index contributed by atoms with van der Waals surface area (Å²) in [5.41, 5.74) is 2.72. The molecule has 0 spiro atoms. The van der Waals surface area contributed by atoms with Crippen LogP contribution in [0.3, 0.4) is 0 Å². The lowest BCUT2D eigenvalue weighted by Gasteiger charge is -2.19. The number of hydrogen-bond donors (Lipinski definition) is 3. The second kappa shape index (κ2) is 9.03. The van der Waals surface area contributed by atoms with Crippen LogP contribution in [0.15, 0.2) is 29.3 Å². The molecule has 0 aromatic heterocycles. The minimum absolute atomic E-state index is 0.147. The maximum absolute atomic E-state index is 10.9. The number of benzene rings is 1. The number of sulfonamides is 1. The molecule has 1 rings (SSSR count). The van der Waals surface area contributed by atoms with Crippen LogP contribution in [0.1, 0.15) is 38.8 Å². The van der Waals surface area contributed by atoms with Gasteiger partial charge < -0.3 is 10.6 Å². The third-order valence-electron chi connectivity index (χ3n) is 3.52. The quantitative estimate of drug-likeness (QED) is 0.509. The maximum atomic E-state index is 10.9. The van der Waals surface area contributed by atoms with Gasteiger partial charge in [-0.25, -0.2) is 13.6 Å². The van der Waals surface area contributed by atoms with E-state index in [2.05, 4.69) is 60.7 Å². The average molecular weight is 355 g/mol. The number of nitrogens with one attached hydrogen (secondary N) is 2. The molecule has 0 atom stereocenters.